The van der Waals surface area contributed by atoms with Gasteiger partial charge in [-0.3, -0.25) is 9.69 Å². The number of likely N-dealkylation sites (tertiary alicyclic amines) is 1. The summed E-state index contributed by atoms with van der Waals surface area (Å²) in [6.07, 6.45) is 10.9. The van der Waals surface area contributed by atoms with Crippen LogP contribution in [0.4, 0.5) is 21.0 Å². The van der Waals surface area contributed by atoms with Crippen molar-refractivity contribution in [2.75, 3.05) is 29.9 Å². The Morgan fingerprint density at radius 3 is 2.26 bits per heavy atom. The van der Waals surface area contributed by atoms with Crippen molar-refractivity contribution in [3.05, 3.63) is 24.3 Å². The number of hydrogen-bond donors (Lipinski definition) is 2. The molecule has 31 heavy (non-hydrogen) atoms. The molecule has 0 unspecified atom stereocenters. The van der Waals surface area contributed by atoms with Gasteiger partial charge in [-0.15, -0.1) is 0 Å². The number of urea groups is 2. The molecule has 3 aliphatic rings. The highest BCUT2D eigenvalue weighted by Gasteiger charge is 2.39. The number of benzene rings is 1. The van der Waals surface area contributed by atoms with Crippen LogP contribution in [0, 0.1) is 0 Å². The number of piperidine rings is 1. The number of rotatable bonds is 4. The monoisotopic (exact) mass is 427 g/mol. The fraction of sp³-hybridized carbons (Fsp3) is 0.609. The third kappa shape index (κ3) is 4.84. The molecule has 2 fully saturated rings. The Kier molecular flexibility index (Phi) is 6.75. The van der Waals surface area contributed by atoms with E-state index in [2.05, 4.69) is 10.2 Å². The average molecular weight is 428 g/mol. The summed E-state index contributed by atoms with van der Waals surface area (Å²) in [7, 11) is 0. The second kappa shape index (κ2) is 9.68. The number of nitrogens with zero attached hydrogens (tertiary/aromatic N) is 3. The Morgan fingerprint density at radius 1 is 0.935 bits per heavy atom. The number of carbonyl (C=O) groups excluding carboxylic acids is 3. The van der Waals surface area contributed by atoms with Gasteiger partial charge in [0.2, 0.25) is 5.91 Å². The highest BCUT2D eigenvalue weighted by Crippen LogP contribution is 2.35. The van der Waals surface area contributed by atoms with Gasteiger partial charge in [0.05, 0.1) is 11.4 Å². The van der Waals surface area contributed by atoms with E-state index in [4.69, 9.17) is 5.73 Å². The second-order valence-corrected chi connectivity index (χ2v) is 8.92. The first kappa shape index (κ1) is 21.6. The van der Waals surface area contributed by atoms with Gasteiger partial charge in [-0.1, -0.05) is 44.2 Å². The van der Waals surface area contributed by atoms with Crippen molar-refractivity contribution in [2.24, 2.45) is 5.73 Å². The Hall–Kier alpha value is -2.61. The minimum atomic E-state index is -0.714. The fourth-order valence-corrected chi connectivity index (χ4v) is 5.25. The molecule has 1 aliphatic carbocycles. The van der Waals surface area contributed by atoms with E-state index >= 15 is 0 Å². The van der Waals surface area contributed by atoms with Crippen LogP contribution in [0.3, 0.4) is 0 Å². The molecule has 1 saturated carbocycles. The highest BCUT2D eigenvalue weighted by atomic mass is 16.2. The van der Waals surface area contributed by atoms with Crippen LogP contribution in [0.25, 0.3) is 0 Å². The van der Waals surface area contributed by atoms with Crippen LogP contribution in [0.5, 0.6) is 0 Å². The number of hydrogen-bond acceptors (Lipinski definition) is 4. The Morgan fingerprint density at radius 2 is 1.58 bits per heavy atom. The summed E-state index contributed by atoms with van der Waals surface area (Å²) in [5, 5.41) is 2.76. The van der Waals surface area contributed by atoms with Crippen molar-refractivity contribution in [1.82, 2.24) is 9.80 Å². The summed E-state index contributed by atoms with van der Waals surface area (Å²) in [4.78, 5) is 42.8. The molecule has 5 amide bonds. The molecule has 3 N–H and O–H groups in total. The van der Waals surface area contributed by atoms with Crippen LogP contribution in [0.2, 0.25) is 0 Å². The van der Waals surface area contributed by atoms with Crippen LogP contribution in [-0.2, 0) is 4.79 Å². The molecule has 0 atom stereocenters. The standard InChI is InChI=1S/C23H33N5O3/c24-21(29)16-27-22(30)25-19-10-6-7-11-20(19)28(23(27)31)18-12-14-26(15-13-18)17-8-4-2-1-3-5-9-17/h6-7,10-11,17-18H,1-5,8-9,12-16H2,(H2,24,29)(H,25,30). The highest BCUT2D eigenvalue weighted by molar-refractivity contribution is 6.13. The molecule has 8 heteroatoms. The number of carbonyl (C=O) groups is 3. The van der Waals surface area contributed by atoms with Gasteiger partial charge < -0.3 is 16.0 Å². The third-order valence-electron chi connectivity index (χ3n) is 6.86. The van der Waals surface area contributed by atoms with Gasteiger partial charge in [0.25, 0.3) is 0 Å². The number of imide groups is 1. The zero-order valence-electron chi connectivity index (χ0n) is 18.1. The Labute approximate surface area is 183 Å². The van der Waals surface area contributed by atoms with E-state index in [0.29, 0.717) is 17.4 Å². The number of para-hydroxylation sites is 2. The number of anilines is 2. The van der Waals surface area contributed by atoms with E-state index in [1.165, 1.54) is 44.9 Å². The zero-order valence-corrected chi connectivity index (χ0v) is 18.1. The number of nitrogens with one attached hydrogen (secondary N) is 1. The molecule has 1 aromatic carbocycles. The molecule has 0 bridgehead atoms. The summed E-state index contributed by atoms with van der Waals surface area (Å²) in [5.74, 6) is -0.714. The molecular weight excluding hydrogens is 394 g/mol. The lowest BCUT2D eigenvalue weighted by Gasteiger charge is -2.42. The molecule has 2 heterocycles. The second-order valence-electron chi connectivity index (χ2n) is 8.92. The van der Waals surface area contributed by atoms with Crippen LogP contribution >= 0.6 is 0 Å². The first-order chi connectivity index (χ1) is 15.0. The van der Waals surface area contributed by atoms with Crippen LogP contribution in [-0.4, -0.2) is 59.5 Å². The zero-order chi connectivity index (χ0) is 21.8. The number of nitrogens with two attached hydrogens (primary N) is 1. The summed E-state index contributed by atoms with van der Waals surface area (Å²) < 4.78 is 0. The van der Waals surface area contributed by atoms with E-state index in [1.54, 1.807) is 11.0 Å². The van der Waals surface area contributed by atoms with Crippen LogP contribution < -0.4 is 16.0 Å². The van der Waals surface area contributed by atoms with Crippen molar-refractivity contribution < 1.29 is 14.4 Å². The van der Waals surface area contributed by atoms with Crippen molar-refractivity contribution in [3.8, 4) is 0 Å². The largest absolute Gasteiger partial charge is 0.368 e. The van der Waals surface area contributed by atoms with Crippen LogP contribution in [0.1, 0.15) is 57.8 Å². The van der Waals surface area contributed by atoms with E-state index in [0.717, 1.165) is 30.8 Å². The lowest BCUT2D eigenvalue weighted by molar-refractivity contribution is -0.118. The molecule has 1 saturated heterocycles. The molecule has 0 spiro atoms. The smallest absolute Gasteiger partial charge is 0.333 e. The van der Waals surface area contributed by atoms with Crippen molar-refractivity contribution >= 4 is 29.3 Å². The maximum Gasteiger partial charge on any atom is 0.333 e. The maximum atomic E-state index is 13.4. The summed E-state index contributed by atoms with van der Waals surface area (Å²) in [5.41, 5.74) is 6.57. The van der Waals surface area contributed by atoms with E-state index in [-0.39, 0.29) is 6.04 Å². The molecule has 8 nitrogen and oxygen atoms in total. The first-order valence-electron chi connectivity index (χ1n) is 11.6. The number of fused-ring (bicyclic) bond motifs is 1. The molecule has 1 aromatic rings. The lowest BCUT2D eigenvalue weighted by atomic mass is 9.93. The molecule has 0 aromatic heterocycles. The lowest BCUT2D eigenvalue weighted by Crippen LogP contribution is -2.55. The minimum absolute atomic E-state index is 0.0264. The van der Waals surface area contributed by atoms with Gasteiger partial charge in [0, 0.05) is 25.2 Å². The van der Waals surface area contributed by atoms with Gasteiger partial charge in [-0.25, -0.2) is 14.5 Å². The average Bonchev–Trinajstić information content (AvgIpc) is 2.83. The maximum absolute atomic E-state index is 13.4. The SMILES string of the molecule is NC(=O)CN1C(=O)Nc2ccccc2N(C2CCN(C3CCCCCCC3)CC2)C1=O. The normalized spacial score (nSPS) is 22.3. The summed E-state index contributed by atoms with van der Waals surface area (Å²) in [6.45, 7) is 1.45. The number of primary amides is 1. The van der Waals surface area contributed by atoms with E-state index in [9.17, 15) is 14.4 Å². The third-order valence-corrected chi connectivity index (χ3v) is 6.86. The summed E-state index contributed by atoms with van der Waals surface area (Å²) >= 11 is 0. The van der Waals surface area contributed by atoms with Crippen molar-refractivity contribution in [1.29, 1.82) is 0 Å². The quantitative estimate of drug-likeness (QED) is 0.768. The Bertz CT molecular complexity index is 813. The molecular formula is C23H33N5O3. The van der Waals surface area contributed by atoms with Gasteiger partial charge in [0.15, 0.2) is 0 Å². The fourth-order valence-electron chi connectivity index (χ4n) is 5.25. The van der Waals surface area contributed by atoms with Gasteiger partial charge in [0.1, 0.15) is 6.54 Å². The molecule has 2 aliphatic heterocycles. The van der Waals surface area contributed by atoms with Gasteiger partial charge >= 0.3 is 12.1 Å². The van der Waals surface area contributed by atoms with E-state index in [1.807, 2.05) is 18.2 Å². The molecule has 0 radical (unpaired) electrons. The molecule has 4 rings (SSSR count). The van der Waals surface area contributed by atoms with Gasteiger partial charge in [-0.2, -0.15) is 0 Å². The van der Waals surface area contributed by atoms with Crippen molar-refractivity contribution in [3.63, 3.8) is 0 Å². The topological polar surface area (TPSA) is 99.0 Å². The van der Waals surface area contributed by atoms with E-state index < -0.39 is 24.5 Å². The predicted molar refractivity (Wildman–Crippen MR) is 120 cm³/mol. The number of amides is 5. The van der Waals surface area contributed by atoms with Crippen LogP contribution in [0.15, 0.2) is 24.3 Å². The minimum Gasteiger partial charge on any atom is -0.368 e. The van der Waals surface area contributed by atoms with Crippen molar-refractivity contribution in [2.45, 2.75) is 69.9 Å². The first-order valence-corrected chi connectivity index (χ1v) is 11.6. The van der Waals surface area contributed by atoms with Gasteiger partial charge in [-0.05, 0) is 37.8 Å². The molecule has 168 valence electrons. The summed E-state index contributed by atoms with van der Waals surface area (Å²) in [6, 6.07) is 6.83. The Balaban J connectivity index is 1.52. The predicted octanol–water partition coefficient (Wildman–Crippen LogP) is 3.52.